The fourth-order valence-corrected chi connectivity index (χ4v) is 2.11. The van der Waals surface area contributed by atoms with E-state index in [1.165, 1.54) is 10.5 Å². The molecule has 0 saturated heterocycles. The van der Waals surface area contributed by atoms with Crippen LogP contribution in [0.4, 0.5) is 0 Å². The molecule has 0 aliphatic heterocycles. The van der Waals surface area contributed by atoms with E-state index in [-0.39, 0.29) is 5.76 Å². The molecule has 0 fully saturated rings. The second-order valence-electron chi connectivity index (χ2n) is 5.53. The first kappa shape index (κ1) is 16.7. The van der Waals surface area contributed by atoms with Gasteiger partial charge in [-0.15, -0.1) is 0 Å². The summed E-state index contributed by atoms with van der Waals surface area (Å²) < 4.78 is 0. The lowest BCUT2D eigenvalue weighted by atomic mass is 10.1. The van der Waals surface area contributed by atoms with E-state index in [2.05, 4.69) is 22.1 Å². The number of nitrogens with zero attached hydrogens (tertiary/aromatic N) is 3. The molecule has 5 nitrogen and oxygen atoms in total. The molecule has 0 aliphatic rings. The molecule has 1 aromatic heterocycles. The molecule has 0 spiro atoms. The Labute approximate surface area is 136 Å². The number of aliphatic hydroxyl groups excluding tert-OH is 1. The number of aromatic nitrogens is 2. The Morgan fingerprint density at radius 3 is 2.48 bits per heavy atom. The zero-order valence-corrected chi connectivity index (χ0v) is 13.7. The minimum absolute atomic E-state index is 0.324. The lowest BCUT2D eigenvalue weighted by molar-refractivity contribution is -0.127. The number of aryl methyl sites for hydroxylation is 2. The molecule has 1 aromatic carbocycles. The van der Waals surface area contributed by atoms with Gasteiger partial charge >= 0.3 is 0 Å². The Morgan fingerprint density at radius 2 is 1.83 bits per heavy atom. The molecule has 0 radical (unpaired) electrons. The molecule has 23 heavy (non-hydrogen) atoms. The van der Waals surface area contributed by atoms with Crippen LogP contribution in [0.15, 0.2) is 48.4 Å². The minimum Gasteiger partial charge on any atom is -0.503 e. The Bertz CT molecular complexity index is 709. The van der Waals surface area contributed by atoms with E-state index in [0.29, 0.717) is 11.4 Å². The summed E-state index contributed by atoms with van der Waals surface area (Å²) in [4.78, 5) is 21.7. The quantitative estimate of drug-likeness (QED) is 0.681. The normalized spacial score (nSPS) is 11.8. The Balaban J connectivity index is 2.16. The van der Waals surface area contributed by atoms with Gasteiger partial charge in [-0.3, -0.25) is 4.79 Å². The van der Waals surface area contributed by atoms with Crippen LogP contribution in [0.1, 0.15) is 24.0 Å². The highest BCUT2D eigenvalue weighted by atomic mass is 16.3. The summed E-state index contributed by atoms with van der Waals surface area (Å²) >= 11 is 0. The fraction of sp³-hybridized carbons (Fsp3) is 0.278. The second-order valence-corrected chi connectivity index (χ2v) is 5.53. The first-order valence-electron chi connectivity index (χ1n) is 7.46. The van der Waals surface area contributed by atoms with Gasteiger partial charge in [0.15, 0.2) is 11.6 Å². The summed E-state index contributed by atoms with van der Waals surface area (Å²) in [5.74, 6) is -0.403. The molecule has 0 aliphatic carbocycles. The average Bonchev–Trinajstić information content (AvgIpc) is 2.59. The number of allylic oxidation sites excluding steroid dienone is 1. The highest BCUT2D eigenvalue weighted by molar-refractivity contribution is 5.97. The van der Waals surface area contributed by atoms with Gasteiger partial charge in [-0.25, -0.2) is 9.97 Å². The van der Waals surface area contributed by atoms with E-state index in [0.717, 1.165) is 18.5 Å². The maximum absolute atomic E-state index is 11.8. The summed E-state index contributed by atoms with van der Waals surface area (Å²) in [6, 6.07) is 12.0. The van der Waals surface area contributed by atoms with Gasteiger partial charge < -0.3 is 10.0 Å². The molecule has 2 rings (SSSR count). The first-order chi connectivity index (χ1) is 11.0. The summed E-state index contributed by atoms with van der Waals surface area (Å²) in [5.41, 5.74) is 2.50. The molecular weight excluding hydrogens is 290 g/mol. The largest absolute Gasteiger partial charge is 0.503 e. The third-order valence-electron chi connectivity index (χ3n) is 3.53. The van der Waals surface area contributed by atoms with Crippen LogP contribution in [-0.2, 0) is 17.6 Å². The van der Waals surface area contributed by atoms with Crippen molar-refractivity contribution in [3.63, 3.8) is 0 Å². The van der Waals surface area contributed by atoms with Crippen LogP contribution in [0.5, 0.6) is 0 Å². The van der Waals surface area contributed by atoms with Crippen molar-refractivity contribution in [3.8, 4) is 0 Å². The number of carbonyl (C=O) groups is 1. The van der Waals surface area contributed by atoms with E-state index in [1.807, 2.05) is 24.3 Å². The molecule has 2 aromatic rings. The number of benzene rings is 1. The standard InChI is InChI=1S/C18H21N3O2/c1-13(16(22)18(23)21(2)3)17-19-12-11-15(20-17)10-9-14-7-5-4-6-8-14/h4-8,11-12,22H,9-10H2,1-3H3/b16-13-. The Morgan fingerprint density at radius 1 is 1.13 bits per heavy atom. The molecule has 5 heteroatoms. The molecule has 120 valence electrons. The highest BCUT2D eigenvalue weighted by Crippen LogP contribution is 2.15. The van der Waals surface area contributed by atoms with Crippen molar-refractivity contribution in [2.75, 3.05) is 14.1 Å². The molecule has 0 unspecified atom stereocenters. The van der Waals surface area contributed by atoms with Crippen LogP contribution in [0.2, 0.25) is 0 Å². The zero-order valence-electron chi connectivity index (χ0n) is 13.7. The van der Waals surface area contributed by atoms with E-state index in [1.54, 1.807) is 27.2 Å². The topological polar surface area (TPSA) is 66.3 Å². The predicted octanol–water partition coefficient (Wildman–Crippen LogP) is 2.64. The SMILES string of the molecule is C/C(=C(/O)C(=O)N(C)C)c1nccc(CCc2ccccc2)n1. The van der Waals surface area contributed by atoms with Crippen molar-refractivity contribution in [1.82, 2.24) is 14.9 Å². The van der Waals surface area contributed by atoms with E-state index >= 15 is 0 Å². The molecule has 0 atom stereocenters. The zero-order chi connectivity index (χ0) is 16.8. The smallest absolute Gasteiger partial charge is 0.288 e. The van der Waals surface area contributed by atoms with Gasteiger partial charge in [0.1, 0.15) is 0 Å². The van der Waals surface area contributed by atoms with Crippen molar-refractivity contribution in [3.05, 3.63) is 65.4 Å². The van der Waals surface area contributed by atoms with Crippen molar-refractivity contribution in [2.45, 2.75) is 19.8 Å². The lowest BCUT2D eigenvalue weighted by Gasteiger charge is -2.11. The lowest BCUT2D eigenvalue weighted by Crippen LogP contribution is -2.24. The van der Waals surface area contributed by atoms with Crippen LogP contribution in [0.25, 0.3) is 5.57 Å². The second kappa shape index (κ2) is 7.54. The number of aliphatic hydroxyl groups is 1. The van der Waals surface area contributed by atoms with Gasteiger partial charge in [0.2, 0.25) is 0 Å². The van der Waals surface area contributed by atoms with Crippen LogP contribution in [0, 0.1) is 0 Å². The van der Waals surface area contributed by atoms with Crippen LogP contribution in [-0.4, -0.2) is 40.0 Å². The summed E-state index contributed by atoms with van der Waals surface area (Å²) in [5, 5.41) is 10.0. The molecule has 1 heterocycles. The van der Waals surface area contributed by atoms with Crippen LogP contribution < -0.4 is 0 Å². The maximum Gasteiger partial charge on any atom is 0.288 e. The average molecular weight is 311 g/mol. The number of hydrogen-bond acceptors (Lipinski definition) is 4. The minimum atomic E-state index is -0.458. The van der Waals surface area contributed by atoms with E-state index < -0.39 is 5.91 Å². The van der Waals surface area contributed by atoms with Gasteiger partial charge in [-0.05, 0) is 31.4 Å². The molecule has 0 bridgehead atoms. The molecule has 1 N–H and O–H groups in total. The predicted molar refractivity (Wildman–Crippen MR) is 89.8 cm³/mol. The van der Waals surface area contributed by atoms with Gasteiger partial charge in [0, 0.05) is 31.6 Å². The van der Waals surface area contributed by atoms with E-state index in [9.17, 15) is 9.90 Å². The first-order valence-corrected chi connectivity index (χ1v) is 7.46. The Hall–Kier alpha value is -2.69. The van der Waals surface area contributed by atoms with E-state index in [4.69, 9.17) is 0 Å². The van der Waals surface area contributed by atoms with Crippen molar-refractivity contribution in [1.29, 1.82) is 0 Å². The molecule has 0 saturated carbocycles. The number of rotatable bonds is 5. The van der Waals surface area contributed by atoms with Crippen LogP contribution >= 0.6 is 0 Å². The van der Waals surface area contributed by atoms with Crippen LogP contribution in [0.3, 0.4) is 0 Å². The van der Waals surface area contributed by atoms with Crippen molar-refractivity contribution >= 4 is 11.5 Å². The van der Waals surface area contributed by atoms with Crippen molar-refractivity contribution < 1.29 is 9.90 Å². The fourth-order valence-electron chi connectivity index (χ4n) is 2.11. The van der Waals surface area contributed by atoms with Gasteiger partial charge in [0.05, 0.1) is 0 Å². The van der Waals surface area contributed by atoms with Gasteiger partial charge in [-0.2, -0.15) is 0 Å². The van der Waals surface area contributed by atoms with Gasteiger partial charge in [0.25, 0.3) is 5.91 Å². The van der Waals surface area contributed by atoms with Gasteiger partial charge in [-0.1, -0.05) is 30.3 Å². The number of likely N-dealkylation sites (N-methyl/N-ethyl adjacent to an activating group) is 1. The van der Waals surface area contributed by atoms with Crippen molar-refractivity contribution in [2.24, 2.45) is 0 Å². The summed E-state index contributed by atoms with van der Waals surface area (Å²) in [6.07, 6.45) is 3.30. The highest BCUT2D eigenvalue weighted by Gasteiger charge is 2.16. The number of amides is 1. The number of hydrogen-bond donors (Lipinski definition) is 1. The number of carbonyl (C=O) groups excluding carboxylic acids is 1. The summed E-state index contributed by atoms with van der Waals surface area (Å²) in [6.45, 7) is 1.65. The maximum atomic E-state index is 11.8. The summed E-state index contributed by atoms with van der Waals surface area (Å²) in [7, 11) is 3.17. The molecular formula is C18H21N3O2. The third-order valence-corrected chi connectivity index (χ3v) is 3.53. The monoisotopic (exact) mass is 311 g/mol. The Kier molecular flexibility index (Phi) is 5.46. The molecule has 1 amide bonds. The third kappa shape index (κ3) is 4.39.